The van der Waals surface area contributed by atoms with Crippen molar-refractivity contribution in [3.63, 3.8) is 0 Å². The van der Waals surface area contributed by atoms with Crippen molar-refractivity contribution in [2.45, 2.75) is 32.1 Å². The van der Waals surface area contributed by atoms with Gasteiger partial charge in [0.25, 0.3) is 0 Å². The Morgan fingerprint density at radius 1 is 1.28 bits per heavy atom. The Hall–Kier alpha value is -1.56. The molecule has 0 amide bonds. The number of hydrogen-bond donors (Lipinski definition) is 0. The molecule has 2 unspecified atom stereocenters. The minimum absolute atomic E-state index is 0.590. The van der Waals surface area contributed by atoms with Gasteiger partial charge >= 0.3 is 0 Å². The van der Waals surface area contributed by atoms with E-state index < -0.39 is 0 Å². The average Bonchev–Trinajstić information content (AvgIpc) is 3.06. The Morgan fingerprint density at radius 2 is 2.17 bits per heavy atom. The van der Waals surface area contributed by atoms with Crippen molar-refractivity contribution in [2.24, 2.45) is 5.92 Å². The lowest BCUT2D eigenvalue weighted by Crippen LogP contribution is -2.12. The Balaban J connectivity index is 1.91. The highest BCUT2D eigenvalue weighted by molar-refractivity contribution is 5.63. The maximum atomic E-state index is 2.41. The molecule has 3 rings (SSSR count). The third kappa shape index (κ3) is 1.96. The van der Waals surface area contributed by atoms with Gasteiger partial charge in [0.15, 0.2) is 0 Å². The van der Waals surface area contributed by atoms with Crippen molar-refractivity contribution in [1.82, 2.24) is 0 Å². The molecule has 0 radical (unpaired) electrons. The van der Waals surface area contributed by atoms with Gasteiger partial charge in [-0.05, 0) is 29.9 Å². The van der Waals surface area contributed by atoms with Crippen molar-refractivity contribution >= 4 is 6.08 Å². The van der Waals surface area contributed by atoms with Gasteiger partial charge in [0.05, 0.1) is 0 Å². The highest BCUT2D eigenvalue weighted by Gasteiger charge is 2.27. The first kappa shape index (κ1) is 11.5. The quantitative estimate of drug-likeness (QED) is 0.682. The summed E-state index contributed by atoms with van der Waals surface area (Å²) in [6, 6.07) is 8.83. The van der Waals surface area contributed by atoms with Crippen LogP contribution in [0.15, 0.2) is 54.1 Å². The van der Waals surface area contributed by atoms with E-state index in [2.05, 4.69) is 61.6 Å². The maximum Gasteiger partial charge on any atom is 0.00929 e. The second-order valence-electron chi connectivity index (χ2n) is 5.28. The van der Waals surface area contributed by atoms with E-state index in [4.69, 9.17) is 0 Å². The molecule has 0 nitrogen and oxygen atoms in total. The van der Waals surface area contributed by atoms with E-state index in [0.717, 1.165) is 6.42 Å². The van der Waals surface area contributed by atoms with Crippen LogP contribution in [0.4, 0.5) is 0 Å². The first-order valence-electron chi connectivity index (χ1n) is 7.03. The molecule has 2 atom stereocenters. The van der Waals surface area contributed by atoms with Crippen LogP contribution in [0.25, 0.3) is 6.08 Å². The van der Waals surface area contributed by atoms with Crippen molar-refractivity contribution in [3.8, 4) is 0 Å². The summed E-state index contributed by atoms with van der Waals surface area (Å²) in [5, 5.41) is 0. The minimum Gasteiger partial charge on any atom is -0.0805 e. The largest absolute Gasteiger partial charge is 0.0805 e. The second-order valence-corrected chi connectivity index (χ2v) is 5.28. The zero-order valence-electron chi connectivity index (χ0n) is 11.0. The molecule has 0 heterocycles. The van der Waals surface area contributed by atoms with Crippen molar-refractivity contribution < 1.29 is 0 Å². The molecule has 1 aromatic rings. The van der Waals surface area contributed by atoms with Gasteiger partial charge in [-0.3, -0.25) is 0 Å². The van der Waals surface area contributed by atoms with Crippen LogP contribution < -0.4 is 0 Å². The number of allylic oxidation sites excluding steroid dienone is 5. The van der Waals surface area contributed by atoms with E-state index >= 15 is 0 Å². The van der Waals surface area contributed by atoms with Crippen LogP contribution in [0.2, 0.25) is 0 Å². The fourth-order valence-electron chi connectivity index (χ4n) is 3.27. The molecular formula is C18H20. The van der Waals surface area contributed by atoms with E-state index in [9.17, 15) is 0 Å². The smallest absolute Gasteiger partial charge is 0.00929 e. The average molecular weight is 236 g/mol. The maximum absolute atomic E-state index is 2.41. The van der Waals surface area contributed by atoms with Crippen molar-refractivity contribution in [3.05, 3.63) is 65.3 Å². The number of benzene rings is 1. The molecule has 0 heteroatoms. The van der Waals surface area contributed by atoms with Gasteiger partial charge in [-0.2, -0.15) is 0 Å². The third-order valence-corrected chi connectivity index (χ3v) is 4.15. The lowest BCUT2D eigenvalue weighted by atomic mass is 9.79. The van der Waals surface area contributed by atoms with Crippen molar-refractivity contribution in [1.29, 1.82) is 0 Å². The molecule has 18 heavy (non-hydrogen) atoms. The van der Waals surface area contributed by atoms with E-state index in [0.29, 0.717) is 11.8 Å². The van der Waals surface area contributed by atoms with E-state index in [1.165, 1.54) is 24.0 Å². The lowest BCUT2D eigenvalue weighted by molar-refractivity contribution is 0.500. The van der Waals surface area contributed by atoms with E-state index in [1.54, 1.807) is 5.57 Å². The summed E-state index contributed by atoms with van der Waals surface area (Å²) in [6.07, 6.45) is 15.2. The van der Waals surface area contributed by atoms with E-state index in [-0.39, 0.29) is 0 Å². The summed E-state index contributed by atoms with van der Waals surface area (Å²) in [5.74, 6) is 1.28. The number of rotatable bonds is 4. The summed E-state index contributed by atoms with van der Waals surface area (Å²) >= 11 is 0. The van der Waals surface area contributed by atoms with Crippen LogP contribution in [-0.4, -0.2) is 0 Å². The second kappa shape index (κ2) is 4.97. The van der Waals surface area contributed by atoms with Gasteiger partial charge in [-0.25, -0.2) is 0 Å². The Labute approximate surface area is 110 Å². The molecule has 1 aromatic carbocycles. The molecule has 2 aliphatic rings. The molecule has 92 valence electrons. The SMILES string of the molecule is CCCC(C1=CC=CC1)C1C=Cc2ccccc21. The van der Waals surface area contributed by atoms with Gasteiger partial charge in [-0.15, -0.1) is 0 Å². The normalized spacial score (nSPS) is 22.1. The van der Waals surface area contributed by atoms with Crippen LogP contribution in [0, 0.1) is 5.92 Å². The van der Waals surface area contributed by atoms with Gasteiger partial charge in [0.2, 0.25) is 0 Å². The zero-order valence-corrected chi connectivity index (χ0v) is 11.0. The molecule has 0 fully saturated rings. The van der Waals surface area contributed by atoms with Crippen LogP contribution in [0.3, 0.4) is 0 Å². The molecule has 0 N–H and O–H groups in total. The van der Waals surface area contributed by atoms with Gasteiger partial charge in [-0.1, -0.05) is 73.6 Å². The molecule has 0 spiro atoms. The van der Waals surface area contributed by atoms with Gasteiger partial charge in [0, 0.05) is 5.92 Å². The van der Waals surface area contributed by atoms with Crippen LogP contribution in [0.1, 0.15) is 43.2 Å². The monoisotopic (exact) mass is 236 g/mol. The topological polar surface area (TPSA) is 0 Å². The third-order valence-electron chi connectivity index (χ3n) is 4.15. The zero-order chi connectivity index (χ0) is 12.4. The molecule has 0 saturated carbocycles. The molecule has 0 aromatic heterocycles. The molecule has 0 saturated heterocycles. The van der Waals surface area contributed by atoms with E-state index in [1.807, 2.05) is 0 Å². The molecular weight excluding hydrogens is 216 g/mol. The summed E-state index contributed by atoms with van der Waals surface area (Å²) < 4.78 is 0. The lowest BCUT2D eigenvalue weighted by Gasteiger charge is -2.25. The Morgan fingerprint density at radius 3 is 2.94 bits per heavy atom. The molecule has 2 aliphatic carbocycles. The van der Waals surface area contributed by atoms with Gasteiger partial charge in [0.1, 0.15) is 0 Å². The molecule has 0 bridgehead atoms. The summed E-state index contributed by atoms with van der Waals surface area (Å²) in [7, 11) is 0. The van der Waals surface area contributed by atoms with Crippen LogP contribution >= 0.6 is 0 Å². The standard InChI is InChI=1S/C18H20/c1-2-7-16(14-8-3-4-9-14)18-13-12-15-10-5-6-11-17(15)18/h3-6,8,10-13,16,18H,2,7,9H2,1H3. The number of hydrogen-bond acceptors (Lipinski definition) is 0. The summed E-state index contributed by atoms with van der Waals surface area (Å²) in [6.45, 7) is 2.29. The highest BCUT2D eigenvalue weighted by atomic mass is 14.3. The first-order chi connectivity index (χ1) is 8.90. The number of fused-ring (bicyclic) bond motifs is 1. The predicted octanol–water partition coefficient (Wildman–Crippen LogP) is 5.10. The molecule has 0 aliphatic heterocycles. The first-order valence-corrected chi connectivity index (χ1v) is 7.03. The predicted molar refractivity (Wildman–Crippen MR) is 78.5 cm³/mol. The van der Waals surface area contributed by atoms with Crippen LogP contribution in [-0.2, 0) is 0 Å². The fourth-order valence-corrected chi connectivity index (χ4v) is 3.27. The summed E-state index contributed by atoms with van der Waals surface area (Å²) in [4.78, 5) is 0. The highest BCUT2D eigenvalue weighted by Crippen LogP contribution is 2.42. The van der Waals surface area contributed by atoms with Crippen molar-refractivity contribution in [2.75, 3.05) is 0 Å². The summed E-state index contributed by atoms with van der Waals surface area (Å²) in [5.41, 5.74) is 4.54. The van der Waals surface area contributed by atoms with Crippen LogP contribution in [0.5, 0.6) is 0 Å². The Bertz CT molecular complexity index is 517. The Kier molecular flexibility index (Phi) is 3.19. The minimum atomic E-state index is 0.590. The fraction of sp³-hybridized carbons (Fsp3) is 0.333. The van der Waals surface area contributed by atoms with Gasteiger partial charge < -0.3 is 0 Å².